The third-order valence-corrected chi connectivity index (χ3v) is 7.21. The minimum atomic E-state index is -3.64. The van der Waals surface area contributed by atoms with E-state index in [2.05, 4.69) is 16.1 Å². The number of rotatable bonds is 6. The summed E-state index contributed by atoms with van der Waals surface area (Å²) >= 11 is 0. The van der Waals surface area contributed by atoms with Gasteiger partial charge < -0.3 is 5.32 Å². The molecule has 25 heavy (non-hydrogen) atoms. The van der Waals surface area contributed by atoms with Crippen LogP contribution in [0.15, 0.2) is 6.07 Å². The van der Waals surface area contributed by atoms with E-state index in [0.29, 0.717) is 6.42 Å². The van der Waals surface area contributed by atoms with Gasteiger partial charge in [0.15, 0.2) is 0 Å². The highest BCUT2D eigenvalue weighted by atomic mass is 32.2. The molecule has 2 amide bonds. The van der Waals surface area contributed by atoms with E-state index in [0.717, 1.165) is 57.1 Å². The van der Waals surface area contributed by atoms with Crippen LogP contribution >= 0.6 is 0 Å². The van der Waals surface area contributed by atoms with E-state index >= 15 is 0 Å². The first kappa shape index (κ1) is 18.2. The fourth-order valence-electron chi connectivity index (χ4n) is 3.98. The Kier molecular flexibility index (Phi) is 5.37. The van der Waals surface area contributed by atoms with Crippen molar-refractivity contribution < 1.29 is 13.2 Å². The molecule has 0 spiro atoms. The lowest BCUT2D eigenvalue weighted by atomic mass is 9.99. The molecule has 138 valence electrons. The fraction of sp³-hybridized carbons (Fsp3) is 0.632. The van der Waals surface area contributed by atoms with Gasteiger partial charge in [-0.25, -0.2) is 17.9 Å². The molecule has 0 saturated heterocycles. The summed E-state index contributed by atoms with van der Waals surface area (Å²) in [4.78, 5) is 12.4. The molecule has 0 fully saturated rings. The van der Waals surface area contributed by atoms with Crippen LogP contribution in [0.2, 0.25) is 0 Å². The third kappa shape index (κ3) is 3.84. The maximum absolute atomic E-state index is 12.4. The van der Waals surface area contributed by atoms with Crippen molar-refractivity contribution in [2.45, 2.75) is 76.9 Å². The van der Waals surface area contributed by atoms with Gasteiger partial charge in [0.05, 0.1) is 5.25 Å². The van der Waals surface area contributed by atoms with Crippen LogP contribution < -0.4 is 10.0 Å². The molecule has 2 aliphatic rings. The average molecular weight is 365 g/mol. The summed E-state index contributed by atoms with van der Waals surface area (Å²) in [7, 11) is -3.64. The van der Waals surface area contributed by atoms with Gasteiger partial charge in [-0.3, -0.25) is 0 Å². The van der Waals surface area contributed by atoms with Crippen molar-refractivity contribution in [1.29, 1.82) is 0 Å². The summed E-state index contributed by atoms with van der Waals surface area (Å²) in [5.41, 5.74) is 5.90. The van der Waals surface area contributed by atoms with Gasteiger partial charge in [0.2, 0.25) is 10.0 Å². The lowest BCUT2D eigenvalue weighted by Gasteiger charge is -2.18. The van der Waals surface area contributed by atoms with Crippen LogP contribution in [0.3, 0.4) is 0 Å². The van der Waals surface area contributed by atoms with E-state index in [-0.39, 0.29) is 0 Å². The number of nitrogens with one attached hydrogen (secondary N) is 2. The molecule has 0 aliphatic heterocycles. The molecule has 0 saturated carbocycles. The summed E-state index contributed by atoms with van der Waals surface area (Å²) < 4.78 is 26.9. The second kappa shape index (κ2) is 7.36. The maximum Gasteiger partial charge on any atom is 0.332 e. The van der Waals surface area contributed by atoms with Gasteiger partial charge in [-0.2, -0.15) is 0 Å². The molecular weight excluding hydrogens is 336 g/mol. The van der Waals surface area contributed by atoms with Gasteiger partial charge in [0.1, 0.15) is 0 Å². The number of fused-ring (bicyclic) bond motifs is 2. The van der Waals surface area contributed by atoms with Crippen molar-refractivity contribution in [2.75, 3.05) is 5.32 Å². The monoisotopic (exact) mass is 364 g/mol. The molecule has 2 N–H and O–H groups in total. The van der Waals surface area contributed by atoms with Gasteiger partial charge in [-0.05, 0) is 74.1 Å². The molecule has 0 radical (unpaired) electrons. The second-order valence-electron chi connectivity index (χ2n) is 7.29. The molecule has 1 unspecified atom stereocenters. The lowest BCUT2D eigenvalue weighted by Crippen LogP contribution is -2.40. The van der Waals surface area contributed by atoms with Crippen molar-refractivity contribution in [2.24, 2.45) is 0 Å². The quantitative estimate of drug-likeness (QED) is 0.808. The Labute approximate surface area is 150 Å². The predicted octanol–water partition coefficient (Wildman–Crippen LogP) is 3.69. The molecule has 2 aliphatic carbocycles. The van der Waals surface area contributed by atoms with E-state index in [1.54, 1.807) is 6.92 Å². The molecule has 5 nitrogen and oxygen atoms in total. The first-order valence-electron chi connectivity index (χ1n) is 9.41. The highest BCUT2D eigenvalue weighted by Crippen LogP contribution is 2.38. The smallest absolute Gasteiger partial charge is 0.307 e. The van der Waals surface area contributed by atoms with Crippen molar-refractivity contribution in [1.82, 2.24) is 4.72 Å². The molecular formula is C19H28N2O3S. The third-order valence-electron chi connectivity index (χ3n) is 5.44. The summed E-state index contributed by atoms with van der Waals surface area (Å²) in [6.07, 6.45) is 8.54. The van der Waals surface area contributed by atoms with Crippen LogP contribution in [-0.4, -0.2) is 19.7 Å². The number of carbonyl (C=O) groups excluding carboxylic acids is 1. The number of aryl methyl sites for hydroxylation is 2. The predicted molar refractivity (Wildman–Crippen MR) is 101 cm³/mol. The van der Waals surface area contributed by atoms with Crippen molar-refractivity contribution >= 4 is 21.7 Å². The van der Waals surface area contributed by atoms with Crippen LogP contribution in [-0.2, 0) is 35.7 Å². The van der Waals surface area contributed by atoms with Gasteiger partial charge in [-0.15, -0.1) is 0 Å². The zero-order chi connectivity index (χ0) is 18.0. The highest BCUT2D eigenvalue weighted by molar-refractivity contribution is 7.90. The Hall–Kier alpha value is -1.56. The van der Waals surface area contributed by atoms with Crippen molar-refractivity contribution in [3.8, 4) is 0 Å². The van der Waals surface area contributed by atoms with E-state index in [4.69, 9.17) is 0 Å². The average Bonchev–Trinajstić information content (AvgIpc) is 3.20. The molecule has 6 heteroatoms. The fourth-order valence-corrected chi connectivity index (χ4v) is 4.97. The summed E-state index contributed by atoms with van der Waals surface area (Å²) in [6, 6.07) is 1.66. The molecule has 1 aromatic rings. The standard InChI is InChI=1S/C19H28N2O3S/c1-3-4-7-13(2)25(23,24)21-19(22)20-18-16-10-5-8-14(16)12-15-9-6-11-17(15)18/h12-13H,3-11H2,1-2H3,(H2,20,21,22). The number of carbonyl (C=O) groups is 1. The number of urea groups is 1. The number of amides is 2. The van der Waals surface area contributed by atoms with Gasteiger partial charge in [-0.1, -0.05) is 25.8 Å². The Morgan fingerprint density at radius 1 is 1.12 bits per heavy atom. The largest absolute Gasteiger partial charge is 0.332 e. The zero-order valence-electron chi connectivity index (χ0n) is 15.2. The molecule has 3 rings (SSSR count). The minimum Gasteiger partial charge on any atom is -0.307 e. The summed E-state index contributed by atoms with van der Waals surface area (Å²) in [5.74, 6) is 0. The molecule has 1 aromatic carbocycles. The first-order valence-corrected chi connectivity index (χ1v) is 11.0. The normalized spacial score (nSPS) is 17.0. The van der Waals surface area contributed by atoms with E-state index in [1.807, 2.05) is 6.92 Å². The van der Waals surface area contributed by atoms with Crippen molar-refractivity contribution in [3.63, 3.8) is 0 Å². The SMILES string of the molecule is CCCCC(C)S(=O)(=O)NC(=O)Nc1c2c(cc3c1CCC3)CCC2. The summed E-state index contributed by atoms with van der Waals surface area (Å²) in [5, 5.41) is 2.32. The van der Waals surface area contributed by atoms with Crippen LogP contribution in [0, 0.1) is 0 Å². The maximum atomic E-state index is 12.4. The van der Waals surface area contributed by atoms with Crippen molar-refractivity contribution in [3.05, 3.63) is 28.3 Å². The number of unbranched alkanes of at least 4 members (excludes halogenated alkanes) is 1. The Bertz CT molecular complexity index is 739. The molecule has 0 aromatic heterocycles. The van der Waals surface area contributed by atoms with Crippen LogP contribution in [0.4, 0.5) is 10.5 Å². The lowest BCUT2D eigenvalue weighted by molar-refractivity contribution is 0.256. The topological polar surface area (TPSA) is 75.3 Å². The number of hydrogen-bond acceptors (Lipinski definition) is 3. The van der Waals surface area contributed by atoms with Crippen LogP contribution in [0.25, 0.3) is 0 Å². The molecule has 0 heterocycles. The minimum absolute atomic E-state index is 0.564. The number of anilines is 1. The van der Waals surface area contributed by atoms with E-state index in [9.17, 15) is 13.2 Å². The second-order valence-corrected chi connectivity index (χ2v) is 9.39. The summed E-state index contributed by atoms with van der Waals surface area (Å²) in [6.45, 7) is 3.68. The highest BCUT2D eigenvalue weighted by Gasteiger charge is 2.27. The van der Waals surface area contributed by atoms with Crippen LogP contribution in [0.1, 0.15) is 68.2 Å². The Morgan fingerprint density at radius 3 is 2.28 bits per heavy atom. The van der Waals surface area contributed by atoms with Gasteiger partial charge >= 0.3 is 6.03 Å². The van der Waals surface area contributed by atoms with Gasteiger partial charge in [0.25, 0.3) is 0 Å². The Morgan fingerprint density at radius 2 is 1.72 bits per heavy atom. The molecule has 0 bridgehead atoms. The van der Waals surface area contributed by atoms with Gasteiger partial charge in [0, 0.05) is 5.69 Å². The molecule has 1 atom stereocenters. The first-order chi connectivity index (χ1) is 11.9. The number of hydrogen-bond donors (Lipinski definition) is 2. The zero-order valence-corrected chi connectivity index (χ0v) is 16.0. The number of benzene rings is 1. The van der Waals surface area contributed by atoms with E-state index < -0.39 is 21.3 Å². The number of sulfonamides is 1. The Balaban J connectivity index is 1.76. The van der Waals surface area contributed by atoms with Crippen LogP contribution in [0.5, 0.6) is 0 Å². The van der Waals surface area contributed by atoms with E-state index in [1.165, 1.54) is 22.3 Å².